The number of thiophene rings is 1. The summed E-state index contributed by atoms with van der Waals surface area (Å²) in [5.74, 6) is 0. The highest BCUT2D eigenvalue weighted by Crippen LogP contribution is 2.23. The molecule has 5 nitrogen and oxygen atoms in total. The third kappa shape index (κ3) is 4.49. The van der Waals surface area contributed by atoms with Crippen molar-refractivity contribution in [3.05, 3.63) is 46.7 Å². The largest absolute Gasteiger partial charge is 0.380 e. The van der Waals surface area contributed by atoms with E-state index in [4.69, 9.17) is 4.74 Å². The number of anilines is 2. The molecule has 128 valence electrons. The lowest BCUT2D eigenvalue weighted by Crippen LogP contribution is -2.39. The van der Waals surface area contributed by atoms with Crippen molar-refractivity contribution in [3.8, 4) is 0 Å². The number of carbonyl (C=O) groups is 1. The Bertz CT molecular complexity index is 643. The Hall–Kier alpha value is -2.05. The van der Waals surface area contributed by atoms with Crippen molar-refractivity contribution in [2.24, 2.45) is 0 Å². The lowest BCUT2D eigenvalue weighted by molar-refractivity contribution is 0.0893. The van der Waals surface area contributed by atoms with Crippen LogP contribution >= 0.6 is 11.3 Å². The van der Waals surface area contributed by atoms with Gasteiger partial charge in [-0.3, -0.25) is 0 Å². The van der Waals surface area contributed by atoms with Crippen molar-refractivity contribution in [2.75, 3.05) is 30.4 Å². The number of piperidine rings is 1. The quantitative estimate of drug-likeness (QED) is 0.869. The minimum Gasteiger partial charge on any atom is -0.380 e. The Morgan fingerprint density at radius 3 is 2.88 bits per heavy atom. The van der Waals surface area contributed by atoms with Gasteiger partial charge in [0.1, 0.15) is 0 Å². The van der Waals surface area contributed by atoms with Gasteiger partial charge in [-0.25, -0.2) is 4.79 Å². The van der Waals surface area contributed by atoms with Crippen molar-refractivity contribution in [3.63, 3.8) is 0 Å². The number of nitrogens with zero attached hydrogens (tertiary/aromatic N) is 1. The molecule has 1 saturated heterocycles. The van der Waals surface area contributed by atoms with Gasteiger partial charge in [-0.05, 0) is 48.6 Å². The number of hydrogen-bond donors (Lipinski definition) is 2. The number of carbonyl (C=O) groups excluding carboxylic acids is 1. The van der Waals surface area contributed by atoms with Crippen LogP contribution in [-0.2, 0) is 11.3 Å². The average Bonchev–Trinajstić information content (AvgIpc) is 3.14. The Morgan fingerprint density at radius 1 is 1.33 bits per heavy atom. The summed E-state index contributed by atoms with van der Waals surface area (Å²) in [7, 11) is 1.77. The summed E-state index contributed by atoms with van der Waals surface area (Å²) in [5.41, 5.74) is 1.96. The number of benzene rings is 1. The maximum atomic E-state index is 11.9. The highest BCUT2D eigenvalue weighted by atomic mass is 32.1. The van der Waals surface area contributed by atoms with Gasteiger partial charge in [0.2, 0.25) is 0 Å². The van der Waals surface area contributed by atoms with Crippen molar-refractivity contribution in [1.82, 2.24) is 5.32 Å². The minimum absolute atomic E-state index is 0.187. The summed E-state index contributed by atoms with van der Waals surface area (Å²) < 4.78 is 5.47. The molecule has 0 unspecified atom stereocenters. The molecule has 1 aliphatic rings. The molecule has 1 aliphatic heterocycles. The SMILES string of the molecule is CO[C@H]1CCCN(c2ccc(NC(=O)NCc3cccs3)cc2)C1. The van der Waals surface area contributed by atoms with Gasteiger partial charge < -0.3 is 20.3 Å². The second-order valence-electron chi connectivity index (χ2n) is 5.88. The number of methoxy groups -OCH3 is 1. The summed E-state index contributed by atoms with van der Waals surface area (Å²) in [5, 5.41) is 7.73. The van der Waals surface area contributed by atoms with E-state index in [1.807, 2.05) is 41.8 Å². The van der Waals surface area contributed by atoms with Crippen LogP contribution in [0.1, 0.15) is 17.7 Å². The van der Waals surface area contributed by atoms with Crippen LogP contribution in [0, 0.1) is 0 Å². The van der Waals surface area contributed by atoms with Crippen LogP contribution < -0.4 is 15.5 Å². The number of nitrogens with one attached hydrogen (secondary N) is 2. The van der Waals surface area contributed by atoms with E-state index in [0.29, 0.717) is 12.6 Å². The van der Waals surface area contributed by atoms with E-state index in [9.17, 15) is 4.79 Å². The molecule has 2 amide bonds. The number of amides is 2. The summed E-state index contributed by atoms with van der Waals surface area (Å²) in [4.78, 5) is 15.4. The van der Waals surface area contributed by atoms with E-state index in [2.05, 4.69) is 15.5 Å². The summed E-state index contributed by atoms with van der Waals surface area (Å²) in [6.07, 6.45) is 2.57. The molecule has 0 aliphatic carbocycles. The van der Waals surface area contributed by atoms with Crippen molar-refractivity contribution >= 4 is 28.7 Å². The minimum atomic E-state index is -0.187. The molecular weight excluding hydrogens is 322 g/mol. The van der Waals surface area contributed by atoms with Gasteiger partial charge in [-0.1, -0.05) is 6.07 Å². The smallest absolute Gasteiger partial charge is 0.319 e. The predicted molar refractivity (Wildman–Crippen MR) is 98.9 cm³/mol. The molecule has 2 aromatic rings. The molecule has 3 rings (SSSR count). The molecule has 6 heteroatoms. The molecule has 1 aromatic carbocycles. The van der Waals surface area contributed by atoms with Gasteiger partial charge in [0.05, 0.1) is 12.6 Å². The summed E-state index contributed by atoms with van der Waals surface area (Å²) in [6, 6.07) is 11.8. The van der Waals surface area contributed by atoms with Crippen LogP contribution in [0.5, 0.6) is 0 Å². The average molecular weight is 345 g/mol. The number of urea groups is 1. The van der Waals surface area contributed by atoms with E-state index >= 15 is 0 Å². The monoisotopic (exact) mass is 345 g/mol. The van der Waals surface area contributed by atoms with E-state index in [1.165, 1.54) is 5.69 Å². The molecule has 2 heterocycles. The maximum absolute atomic E-state index is 11.9. The molecule has 1 fully saturated rings. The second-order valence-corrected chi connectivity index (χ2v) is 6.91. The highest BCUT2D eigenvalue weighted by Gasteiger charge is 2.19. The fraction of sp³-hybridized carbons (Fsp3) is 0.389. The van der Waals surface area contributed by atoms with Crippen LogP contribution in [0.4, 0.5) is 16.2 Å². The van der Waals surface area contributed by atoms with E-state index in [-0.39, 0.29) is 6.03 Å². The van der Waals surface area contributed by atoms with Crippen LogP contribution in [0.25, 0.3) is 0 Å². The van der Waals surface area contributed by atoms with Gasteiger partial charge in [-0.15, -0.1) is 11.3 Å². The zero-order valence-electron chi connectivity index (χ0n) is 13.8. The number of rotatable bonds is 5. The van der Waals surface area contributed by atoms with Crippen molar-refractivity contribution in [2.45, 2.75) is 25.5 Å². The van der Waals surface area contributed by atoms with Crippen LogP contribution in [0.2, 0.25) is 0 Å². The first-order chi connectivity index (χ1) is 11.7. The van der Waals surface area contributed by atoms with Gasteiger partial charge in [-0.2, -0.15) is 0 Å². The van der Waals surface area contributed by atoms with E-state index in [0.717, 1.165) is 36.5 Å². The molecule has 24 heavy (non-hydrogen) atoms. The van der Waals surface area contributed by atoms with Crippen molar-refractivity contribution < 1.29 is 9.53 Å². The lowest BCUT2D eigenvalue weighted by atomic mass is 10.1. The Labute approximate surface area is 146 Å². The summed E-state index contributed by atoms with van der Waals surface area (Å²) in [6.45, 7) is 2.52. The molecule has 1 aromatic heterocycles. The van der Waals surface area contributed by atoms with E-state index in [1.54, 1.807) is 18.4 Å². The second kappa shape index (κ2) is 8.17. The van der Waals surface area contributed by atoms with Crippen LogP contribution in [-0.4, -0.2) is 32.3 Å². The van der Waals surface area contributed by atoms with Gasteiger partial charge >= 0.3 is 6.03 Å². The molecule has 0 bridgehead atoms. The van der Waals surface area contributed by atoms with Gasteiger partial charge in [0.15, 0.2) is 0 Å². The molecule has 0 spiro atoms. The van der Waals surface area contributed by atoms with Gasteiger partial charge in [0.25, 0.3) is 0 Å². The zero-order valence-corrected chi connectivity index (χ0v) is 14.6. The highest BCUT2D eigenvalue weighted by molar-refractivity contribution is 7.09. The first-order valence-electron chi connectivity index (χ1n) is 8.19. The molecule has 0 radical (unpaired) electrons. The molecule has 0 saturated carbocycles. The third-order valence-corrected chi connectivity index (χ3v) is 5.08. The summed E-state index contributed by atoms with van der Waals surface area (Å²) >= 11 is 1.63. The fourth-order valence-corrected chi connectivity index (χ4v) is 3.52. The van der Waals surface area contributed by atoms with Crippen molar-refractivity contribution in [1.29, 1.82) is 0 Å². The Balaban J connectivity index is 1.51. The first kappa shape index (κ1) is 16.8. The van der Waals surface area contributed by atoms with Crippen LogP contribution in [0.15, 0.2) is 41.8 Å². The van der Waals surface area contributed by atoms with Gasteiger partial charge in [0, 0.05) is 36.5 Å². The normalized spacial score (nSPS) is 17.5. The molecule has 1 atom stereocenters. The Kier molecular flexibility index (Phi) is 5.72. The zero-order chi connectivity index (χ0) is 16.8. The molecule has 2 N–H and O–H groups in total. The Morgan fingerprint density at radius 2 is 2.17 bits per heavy atom. The predicted octanol–water partition coefficient (Wildman–Crippen LogP) is 3.69. The number of ether oxygens (including phenoxy) is 1. The first-order valence-corrected chi connectivity index (χ1v) is 9.07. The lowest BCUT2D eigenvalue weighted by Gasteiger charge is -2.33. The third-order valence-electron chi connectivity index (χ3n) is 4.21. The maximum Gasteiger partial charge on any atom is 0.319 e. The fourth-order valence-electron chi connectivity index (χ4n) is 2.88. The number of hydrogen-bond acceptors (Lipinski definition) is 4. The topological polar surface area (TPSA) is 53.6 Å². The van der Waals surface area contributed by atoms with Crippen LogP contribution in [0.3, 0.4) is 0 Å². The molecular formula is C18H23N3O2S. The van der Waals surface area contributed by atoms with E-state index < -0.39 is 0 Å². The standard InChI is InChI=1S/C18H23N3O2S/c1-23-16-4-2-10-21(13-16)15-8-6-14(7-9-15)20-18(22)19-12-17-5-3-11-24-17/h3,5-9,11,16H,2,4,10,12-13H2,1H3,(H2,19,20,22)/t16-/m0/s1.